The van der Waals surface area contributed by atoms with Crippen LogP contribution < -0.4 is 10.6 Å². The lowest BCUT2D eigenvalue weighted by Crippen LogP contribution is -2.37. The third-order valence-corrected chi connectivity index (χ3v) is 3.15. The molecule has 0 saturated carbocycles. The van der Waals surface area contributed by atoms with Gasteiger partial charge < -0.3 is 10.6 Å². The van der Waals surface area contributed by atoms with Crippen LogP contribution in [0.25, 0.3) is 0 Å². The monoisotopic (exact) mass is 285 g/mol. The highest BCUT2D eigenvalue weighted by Crippen LogP contribution is 1.97. The van der Waals surface area contributed by atoms with Gasteiger partial charge in [-0.1, -0.05) is 30.3 Å². The van der Waals surface area contributed by atoms with E-state index in [9.17, 15) is 0 Å². The second-order valence-electron chi connectivity index (χ2n) is 4.97. The largest absolute Gasteiger partial charge is 0.356 e. The first-order valence-electron chi connectivity index (χ1n) is 7.25. The third-order valence-electron chi connectivity index (χ3n) is 3.15. The second-order valence-corrected chi connectivity index (χ2v) is 4.97. The van der Waals surface area contributed by atoms with Crippen LogP contribution >= 0.6 is 0 Å². The second kappa shape index (κ2) is 8.09. The van der Waals surface area contributed by atoms with Gasteiger partial charge in [-0.2, -0.15) is 5.10 Å². The molecule has 0 bridgehead atoms. The Balaban J connectivity index is 1.66. The van der Waals surface area contributed by atoms with Gasteiger partial charge in [-0.3, -0.25) is 9.67 Å². The summed E-state index contributed by atoms with van der Waals surface area (Å²) in [5.74, 6) is 0.829. The van der Waals surface area contributed by atoms with E-state index in [1.165, 1.54) is 11.1 Å². The summed E-state index contributed by atoms with van der Waals surface area (Å²) in [6.07, 6.45) is 4.95. The zero-order valence-corrected chi connectivity index (χ0v) is 12.7. The Kier molecular flexibility index (Phi) is 5.82. The molecule has 0 fully saturated rings. The number of hydrogen-bond donors (Lipinski definition) is 2. The number of guanidine groups is 1. The Morgan fingerprint density at radius 2 is 2.05 bits per heavy atom. The molecule has 0 aliphatic rings. The lowest BCUT2D eigenvalue weighted by atomic mass is 10.2. The third kappa shape index (κ3) is 5.30. The molecule has 0 saturated heterocycles. The predicted octanol–water partition coefficient (Wildman–Crippen LogP) is 1.95. The summed E-state index contributed by atoms with van der Waals surface area (Å²) in [6, 6.07) is 10.3. The predicted molar refractivity (Wildman–Crippen MR) is 86.2 cm³/mol. The Hall–Kier alpha value is -2.30. The average Bonchev–Trinajstić information content (AvgIpc) is 2.93. The number of benzene rings is 1. The number of hydrogen-bond acceptors (Lipinski definition) is 2. The van der Waals surface area contributed by atoms with Crippen LogP contribution in [0.2, 0.25) is 0 Å². The Morgan fingerprint density at radius 3 is 2.71 bits per heavy atom. The normalized spacial score (nSPS) is 11.4. The SMILES string of the molecule is CN=C(NCCCn1cc(C)cn1)NCc1ccccc1. The van der Waals surface area contributed by atoms with Crippen LogP contribution in [0.15, 0.2) is 47.7 Å². The van der Waals surface area contributed by atoms with Gasteiger partial charge in [-0.25, -0.2) is 0 Å². The van der Waals surface area contributed by atoms with Crippen LogP contribution in [0.5, 0.6) is 0 Å². The number of nitrogens with zero attached hydrogens (tertiary/aromatic N) is 3. The van der Waals surface area contributed by atoms with Gasteiger partial charge >= 0.3 is 0 Å². The molecular weight excluding hydrogens is 262 g/mol. The molecule has 2 rings (SSSR count). The molecule has 1 aromatic carbocycles. The molecule has 0 atom stereocenters. The highest BCUT2D eigenvalue weighted by molar-refractivity contribution is 5.79. The van der Waals surface area contributed by atoms with Crippen molar-refractivity contribution < 1.29 is 0 Å². The van der Waals surface area contributed by atoms with Gasteiger partial charge in [0.2, 0.25) is 0 Å². The van der Waals surface area contributed by atoms with Crippen LogP contribution in [-0.4, -0.2) is 29.3 Å². The van der Waals surface area contributed by atoms with Crippen molar-refractivity contribution in [2.75, 3.05) is 13.6 Å². The first-order chi connectivity index (χ1) is 10.3. The van der Waals surface area contributed by atoms with Crippen molar-refractivity contribution in [1.29, 1.82) is 0 Å². The summed E-state index contributed by atoms with van der Waals surface area (Å²) in [7, 11) is 1.79. The minimum atomic E-state index is 0.777. The van der Waals surface area contributed by atoms with Gasteiger partial charge in [-0.05, 0) is 24.5 Å². The van der Waals surface area contributed by atoms with E-state index in [1.54, 1.807) is 7.05 Å². The highest BCUT2D eigenvalue weighted by atomic mass is 15.3. The van der Waals surface area contributed by atoms with Crippen molar-refractivity contribution in [2.24, 2.45) is 4.99 Å². The topological polar surface area (TPSA) is 54.2 Å². The van der Waals surface area contributed by atoms with Crippen LogP contribution in [0, 0.1) is 6.92 Å². The van der Waals surface area contributed by atoms with Gasteiger partial charge in [0.15, 0.2) is 5.96 Å². The van der Waals surface area contributed by atoms with Gasteiger partial charge in [0, 0.05) is 32.9 Å². The minimum Gasteiger partial charge on any atom is -0.356 e. The maximum atomic E-state index is 4.27. The molecule has 0 spiro atoms. The van der Waals surface area contributed by atoms with E-state index in [4.69, 9.17) is 0 Å². The number of aromatic nitrogens is 2. The van der Waals surface area contributed by atoms with Crippen LogP contribution in [0.1, 0.15) is 17.5 Å². The molecule has 0 radical (unpaired) electrons. The fourth-order valence-electron chi connectivity index (χ4n) is 2.04. The van der Waals surface area contributed by atoms with Crippen molar-refractivity contribution >= 4 is 5.96 Å². The van der Waals surface area contributed by atoms with Gasteiger partial charge in [0.25, 0.3) is 0 Å². The Morgan fingerprint density at radius 1 is 1.24 bits per heavy atom. The molecule has 0 aliphatic carbocycles. The zero-order valence-electron chi connectivity index (χ0n) is 12.7. The fraction of sp³-hybridized carbons (Fsp3) is 0.375. The van der Waals surface area contributed by atoms with Crippen molar-refractivity contribution in [3.05, 3.63) is 53.9 Å². The summed E-state index contributed by atoms with van der Waals surface area (Å²) in [4.78, 5) is 4.22. The van der Waals surface area contributed by atoms with E-state index >= 15 is 0 Å². The van der Waals surface area contributed by atoms with Crippen molar-refractivity contribution in [3.63, 3.8) is 0 Å². The molecule has 21 heavy (non-hydrogen) atoms. The minimum absolute atomic E-state index is 0.777. The van der Waals surface area contributed by atoms with Gasteiger partial charge in [0.05, 0.1) is 6.20 Å². The Bertz CT molecular complexity index is 559. The summed E-state index contributed by atoms with van der Waals surface area (Å²) < 4.78 is 1.97. The van der Waals surface area contributed by atoms with E-state index in [-0.39, 0.29) is 0 Å². The van der Waals surface area contributed by atoms with E-state index in [2.05, 4.69) is 46.0 Å². The Labute approximate surface area is 126 Å². The molecular formula is C16H23N5. The average molecular weight is 285 g/mol. The van der Waals surface area contributed by atoms with E-state index in [1.807, 2.05) is 29.1 Å². The van der Waals surface area contributed by atoms with Crippen LogP contribution in [-0.2, 0) is 13.1 Å². The van der Waals surface area contributed by atoms with E-state index in [0.717, 1.165) is 32.0 Å². The molecule has 5 nitrogen and oxygen atoms in total. The molecule has 0 amide bonds. The molecule has 0 unspecified atom stereocenters. The summed E-state index contributed by atoms with van der Waals surface area (Å²) in [6.45, 7) is 4.61. The van der Waals surface area contributed by atoms with Crippen LogP contribution in [0.4, 0.5) is 0 Å². The number of nitrogens with one attached hydrogen (secondary N) is 2. The lowest BCUT2D eigenvalue weighted by molar-refractivity contribution is 0.570. The summed E-state index contributed by atoms with van der Waals surface area (Å²) in [5, 5.41) is 10.9. The van der Waals surface area contributed by atoms with Crippen molar-refractivity contribution in [1.82, 2.24) is 20.4 Å². The number of aryl methyl sites for hydroxylation is 2. The molecule has 2 N–H and O–H groups in total. The van der Waals surface area contributed by atoms with E-state index in [0.29, 0.717) is 0 Å². The van der Waals surface area contributed by atoms with Gasteiger partial charge in [-0.15, -0.1) is 0 Å². The number of aliphatic imine (C=N–C) groups is 1. The fourth-order valence-corrected chi connectivity index (χ4v) is 2.04. The van der Waals surface area contributed by atoms with Crippen molar-refractivity contribution in [2.45, 2.75) is 26.4 Å². The molecule has 1 aromatic heterocycles. The first-order valence-corrected chi connectivity index (χ1v) is 7.25. The summed E-state index contributed by atoms with van der Waals surface area (Å²) >= 11 is 0. The first kappa shape index (κ1) is 15.1. The quantitative estimate of drug-likeness (QED) is 0.484. The highest BCUT2D eigenvalue weighted by Gasteiger charge is 1.98. The lowest BCUT2D eigenvalue weighted by Gasteiger charge is -2.11. The molecule has 1 heterocycles. The molecule has 5 heteroatoms. The van der Waals surface area contributed by atoms with Crippen LogP contribution in [0.3, 0.4) is 0 Å². The molecule has 0 aliphatic heterocycles. The smallest absolute Gasteiger partial charge is 0.191 e. The number of rotatable bonds is 6. The zero-order chi connectivity index (χ0) is 14.9. The summed E-state index contributed by atoms with van der Waals surface area (Å²) in [5.41, 5.74) is 2.44. The molecule has 2 aromatic rings. The van der Waals surface area contributed by atoms with Crippen molar-refractivity contribution in [3.8, 4) is 0 Å². The standard InChI is InChI=1S/C16H23N5/c1-14-11-20-21(13-14)10-6-9-18-16(17-2)19-12-15-7-4-3-5-8-15/h3-5,7-8,11,13H,6,9-10,12H2,1-2H3,(H2,17,18,19). The maximum Gasteiger partial charge on any atom is 0.191 e. The van der Waals surface area contributed by atoms with E-state index < -0.39 is 0 Å². The maximum absolute atomic E-state index is 4.27. The van der Waals surface area contributed by atoms with Gasteiger partial charge in [0.1, 0.15) is 0 Å². The molecule has 112 valence electrons.